The van der Waals surface area contributed by atoms with Crippen molar-refractivity contribution in [2.24, 2.45) is 0 Å². The van der Waals surface area contributed by atoms with Gasteiger partial charge in [0.15, 0.2) is 11.6 Å². The molecule has 0 aliphatic carbocycles. The summed E-state index contributed by atoms with van der Waals surface area (Å²) >= 11 is 0. The Balaban J connectivity index is 1.97. The predicted octanol–water partition coefficient (Wildman–Crippen LogP) is 2.46. The van der Waals surface area contributed by atoms with Crippen molar-refractivity contribution in [3.63, 3.8) is 0 Å². The van der Waals surface area contributed by atoms with Gasteiger partial charge >= 0.3 is 0 Å². The van der Waals surface area contributed by atoms with Crippen LogP contribution in [0.5, 0.6) is 5.75 Å². The molecule has 0 saturated heterocycles. The minimum absolute atomic E-state index is 0.109. The van der Waals surface area contributed by atoms with Gasteiger partial charge in [0, 0.05) is 12.8 Å². The number of aryl methyl sites for hydroxylation is 1. The number of hydrogen-bond donors (Lipinski definition) is 1. The van der Waals surface area contributed by atoms with Crippen molar-refractivity contribution < 1.29 is 19.4 Å². The zero-order valence-electron chi connectivity index (χ0n) is 11.6. The van der Waals surface area contributed by atoms with E-state index in [1.165, 1.54) is 0 Å². The number of benzene rings is 1. The maximum absolute atomic E-state index is 12.0. The Morgan fingerprint density at radius 3 is 2.89 bits per heavy atom. The third kappa shape index (κ3) is 3.78. The summed E-state index contributed by atoms with van der Waals surface area (Å²) in [4.78, 5) is 12.0. The van der Waals surface area contributed by atoms with Crippen LogP contribution in [0.2, 0.25) is 0 Å². The van der Waals surface area contributed by atoms with Crippen LogP contribution in [0.1, 0.15) is 42.6 Å². The highest BCUT2D eigenvalue weighted by Crippen LogP contribution is 2.29. The molecule has 2 rings (SSSR count). The number of rotatable bonds is 4. The van der Waals surface area contributed by atoms with Crippen molar-refractivity contribution in [2.75, 3.05) is 6.61 Å². The average molecular weight is 264 g/mol. The van der Waals surface area contributed by atoms with Crippen LogP contribution in [0.25, 0.3) is 0 Å². The van der Waals surface area contributed by atoms with Crippen LogP contribution in [-0.2, 0) is 4.74 Å². The number of ether oxygens (including phenoxy) is 2. The number of carbonyl (C=O) groups is 1. The van der Waals surface area contributed by atoms with E-state index in [9.17, 15) is 9.90 Å². The molecule has 104 valence electrons. The number of aliphatic hydroxyl groups is 1. The fraction of sp³-hybridized carbons (Fsp3) is 0.533. The Labute approximate surface area is 113 Å². The molecule has 4 nitrogen and oxygen atoms in total. The van der Waals surface area contributed by atoms with Crippen molar-refractivity contribution in [2.45, 2.75) is 45.5 Å². The third-order valence-electron chi connectivity index (χ3n) is 3.04. The smallest absolute Gasteiger partial charge is 0.170 e. The second-order valence-electron chi connectivity index (χ2n) is 5.45. The molecular weight excluding hydrogens is 244 g/mol. The number of carbonyl (C=O) groups excluding carboxylic acids is 1. The molecule has 1 unspecified atom stereocenters. The van der Waals surface area contributed by atoms with E-state index in [1.54, 1.807) is 13.8 Å². The first-order valence-electron chi connectivity index (χ1n) is 6.52. The van der Waals surface area contributed by atoms with E-state index in [4.69, 9.17) is 9.47 Å². The van der Waals surface area contributed by atoms with E-state index >= 15 is 0 Å². The zero-order chi connectivity index (χ0) is 14.0. The lowest BCUT2D eigenvalue weighted by Crippen LogP contribution is -2.30. The van der Waals surface area contributed by atoms with E-state index in [1.807, 2.05) is 25.1 Å². The van der Waals surface area contributed by atoms with E-state index in [2.05, 4.69) is 0 Å². The highest BCUT2D eigenvalue weighted by atomic mass is 16.6. The molecule has 19 heavy (non-hydrogen) atoms. The molecule has 0 bridgehead atoms. The lowest BCUT2D eigenvalue weighted by Gasteiger charge is -2.26. The summed E-state index contributed by atoms with van der Waals surface area (Å²) in [5.74, 6) is -0.387. The van der Waals surface area contributed by atoms with Gasteiger partial charge in [-0.1, -0.05) is 11.6 Å². The number of hydrogen-bond acceptors (Lipinski definition) is 4. The molecule has 1 heterocycles. The SMILES string of the molecule is Cc1ccc2c(c1)C(=O)CC(CCOC(C)(C)O)O2. The van der Waals surface area contributed by atoms with Gasteiger partial charge in [-0.2, -0.15) is 0 Å². The van der Waals surface area contributed by atoms with Gasteiger partial charge in [-0.25, -0.2) is 0 Å². The molecule has 0 radical (unpaired) electrons. The van der Waals surface area contributed by atoms with E-state index in [-0.39, 0.29) is 11.9 Å². The van der Waals surface area contributed by atoms with Crippen LogP contribution in [0.15, 0.2) is 18.2 Å². The largest absolute Gasteiger partial charge is 0.489 e. The minimum Gasteiger partial charge on any atom is -0.489 e. The Morgan fingerprint density at radius 2 is 2.21 bits per heavy atom. The molecule has 1 aliphatic rings. The van der Waals surface area contributed by atoms with Gasteiger partial charge in [0.1, 0.15) is 11.9 Å². The van der Waals surface area contributed by atoms with Crippen LogP contribution < -0.4 is 4.74 Å². The number of Topliss-reactive ketones (excluding diaryl/α,β-unsaturated/α-hetero) is 1. The summed E-state index contributed by atoms with van der Waals surface area (Å²) in [6.07, 6.45) is 0.777. The summed E-state index contributed by atoms with van der Waals surface area (Å²) in [6.45, 7) is 5.48. The number of ketones is 1. The zero-order valence-corrected chi connectivity index (χ0v) is 11.6. The first-order chi connectivity index (χ1) is 8.85. The first kappa shape index (κ1) is 14.0. The topological polar surface area (TPSA) is 55.8 Å². The molecule has 4 heteroatoms. The molecule has 1 aromatic carbocycles. The molecule has 1 N–H and O–H groups in total. The van der Waals surface area contributed by atoms with Crippen molar-refractivity contribution in [3.05, 3.63) is 29.3 Å². The lowest BCUT2D eigenvalue weighted by molar-refractivity contribution is -0.178. The monoisotopic (exact) mass is 264 g/mol. The van der Waals surface area contributed by atoms with Crippen molar-refractivity contribution in [1.82, 2.24) is 0 Å². The lowest BCUT2D eigenvalue weighted by atomic mass is 9.98. The summed E-state index contributed by atoms with van der Waals surface area (Å²) in [7, 11) is 0. The van der Waals surface area contributed by atoms with E-state index in [0.29, 0.717) is 30.8 Å². The van der Waals surface area contributed by atoms with Gasteiger partial charge in [0.25, 0.3) is 0 Å². The fourth-order valence-electron chi connectivity index (χ4n) is 2.10. The molecule has 0 spiro atoms. The van der Waals surface area contributed by atoms with E-state index in [0.717, 1.165) is 5.56 Å². The second-order valence-corrected chi connectivity index (χ2v) is 5.45. The van der Waals surface area contributed by atoms with Crippen molar-refractivity contribution >= 4 is 5.78 Å². The van der Waals surface area contributed by atoms with E-state index < -0.39 is 5.79 Å². The Morgan fingerprint density at radius 1 is 1.47 bits per heavy atom. The Hall–Kier alpha value is -1.39. The van der Waals surface area contributed by atoms with Crippen molar-refractivity contribution in [3.8, 4) is 5.75 Å². The van der Waals surface area contributed by atoms with Gasteiger partial charge in [0.2, 0.25) is 0 Å². The van der Waals surface area contributed by atoms with Gasteiger partial charge in [-0.3, -0.25) is 4.79 Å². The predicted molar refractivity (Wildman–Crippen MR) is 71.4 cm³/mol. The normalized spacial score (nSPS) is 18.9. The van der Waals surface area contributed by atoms with Crippen LogP contribution in [-0.4, -0.2) is 29.4 Å². The first-order valence-corrected chi connectivity index (χ1v) is 6.52. The van der Waals surface area contributed by atoms with Crippen LogP contribution in [0, 0.1) is 6.92 Å². The third-order valence-corrected chi connectivity index (χ3v) is 3.04. The summed E-state index contributed by atoms with van der Waals surface area (Å²) < 4.78 is 11.0. The quantitative estimate of drug-likeness (QED) is 0.849. The summed E-state index contributed by atoms with van der Waals surface area (Å²) in [6, 6.07) is 5.63. The molecule has 0 saturated carbocycles. The molecule has 0 aromatic heterocycles. The Bertz CT molecular complexity index is 474. The van der Waals surface area contributed by atoms with Crippen molar-refractivity contribution in [1.29, 1.82) is 0 Å². The van der Waals surface area contributed by atoms with Crippen LogP contribution >= 0.6 is 0 Å². The molecule has 1 atom stereocenters. The highest BCUT2D eigenvalue weighted by Gasteiger charge is 2.26. The summed E-state index contributed by atoms with van der Waals surface area (Å²) in [5, 5.41) is 9.46. The van der Waals surface area contributed by atoms with Crippen LogP contribution in [0.4, 0.5) is 0 Å². The molecule has 0 fully saturated rings. The van der Waals surface area contributed by atoms with Gasteiger partial charge in [-0.15, -0.1) is 0 Å². The molecule has 0 amide bonds. The second kappa shape index (κ2) is 5.31. The average Bonchev–Trinajstić information content (AvgIpc) is 2.28. The maximum atomic E-state index is 12.0. The van der Waals surface area contributed by atoms with Gasteiger partial charge in [0.05, 0.1) is 12.2 Å². The van der Waals surface area contributed by atoms with Crippen LogP contribution in [0.3, 0.4) is 0 Å². The standard InChI is InChI=1S/C15H20O4/c1-10-4-5-14-12(8-10)13(16)9-11(19-14)6-7-18-15(2,3)17/h4-5,8,11,17H,6-7,9H2,1-3H3. The molecular formula is C15H20O4. The molecule has 1 aliphatic heterocycles. The molecule has 1 aromatic rings. The number of fused-ring (bicyclic) bond motifs is 1. The highest BCUT2D eigenvalue weighted by molar-refractivity contribution is 6.00. The Kier molecular flexibility index (Phi) is 3.92. The van der Waals surface area contributed by atoms with Gasteiger partial charge < -0.3 is 14.6 Å². The maximum Gasteiger partial charge on any atom is 0.170 e. The summed E-state index contributed by atoms with van der Waals surface area (Å²) in [5.41, 5.74) is 1.72. The fourth-order valence-corrected chi connectivity index (χ4v) is 2.10. The minimum atomic E-state index is -1.15. The van der Waals surface area contributed by atoms with Gasteiger partial charge in [-0.05, 0) is 32.9 Å².